The molecule has 9 nitrogen and oxygen atoms in total. The summed E-state index contributed by atoms with van der Waals surface area (Å²) >= 11 is 0. The molecule has 0 bridgehead atoms. The van der Waals surface area contributed by atoms with E-state index in [4.69, 9.17) is 4.42 Å². The maximum absolute atomic E-state index is 13.6. The van der Waals surface area contributed by atoms with Gasteiger partial charge in [-0.15, -0.1) is 0 Å². The average molecular weight is 571 g/mol. The lowest BCUT2D eigenvalue weighted by Crippen LogP contribution is -2.47. The zero-order valence-corrected chi connectivity index (χ0v) is 22.1. The number of carbonyl (C=O) groups excluding carboxylic acids is 2. The largest absolute Gasteiger partial charge is 0.481 e. The summed E-state index contributed by atoms with van der Waals surface area (Å²) in [5.41, 5.74) is 0.601. The van der Waals surface area contributed by atoms with Crippen LogP contribution < -0.4 is 10.2 Å². The zero-order chi connectivity index (χ0) is 29.1. The van der Waals surface area contributed by atoms with Crippen molar-refractivity contribution in [3.05, 3.63) is 66.1 Å². The SMILES string of the molecule is O=C(Nc1ccc(N2CCC(C(=O)N3CCCC(C(=O)O)C3)CC2)cc1)c1nc(-c2ccccc2)oc1C(F)(F)F. The second kappa shape index (κ2) is 11.6. The van der Waals surface area contributed by atoms with Crippen LogP contribution >= 0.6 is 0 Å². The summed E-state index contributed by atoms with van der Waals surface area (Å²) < 4.78 is 45.7. The normalized spacial score (nSPS) is 18.3. The van der Waals surface area contributed by atoms with E-state index in [0.717, 1.165) is 5.69 Å². The summed E-state index contributed by atoms with van der Waals surface area (Å²) in [7, 11) is 0. The van der Waals surface area contributed by atoms with Gasteiger partial charge in [0.25, 0.3) is 5.91 Å². The Balaban J connectivity index is 1.20. The molecule has 0 saturated carbocycles. The first-order chi connectivity index (χ1) is 19.6. The zero-order valence-electron chi connectivity index (χ0n) is 22.1. The van der Waals surface area contributed by atoms with E-state index >= 15 is 0 Å². The van der Waals surface area contributed by atoms with Crippen LogP contribution in [0.5, 0.6) is 0 Å². The first-order valence-corrected chi connectivity index (χ1v) is 13.4. The fraction of sp³-hybridized carbons (Fsp3) is 0.379. The number of oxazole rings is 1. The van der Waals surface area contributed by atoms with Crippen LogP contribution in [0.15, 0.2) is 59.0 Å². The number of piperidine rings is 2. The maximum Gasteiger partial charge on any atom is 0.452 e. The molecule has 2 saturated heterocycles. The number of halogens is 3. The highest BCUT2D eigenvalue weighted by Crippen LogP contribution is 2.36. The van der Waals surface area contributed by atoms with Gasteiger partial charge in [0.05, 0.1) is 5.92 Å². The van der Waals surface area contributed by atoms with Crippen LogP contribution in [0, 0.1) is 11.8 Å². The minimum Gasteiger partial charge on any atom is -0.481 e. The molecular weight excluding hydrogens is 541 g/mol. The highest BCUT2D eigenvalue weighted by atomic mass is 19.4. The van der Waals surface area contributed by atoms with Crippen molar-refractivity contribution >= 4 is 29.2 Å². The third-order valence-corrected chi connectivity index (χ3v) is 7.54. The Morgan fingerprint density at radius 2 is 1.61 bits per heavy atom. The lowest BCUT2D eigenvalue weighted by atomic mass is 9.92. The molecule has 1 atom stereocenters. The van der Waals surface area contributed by atoms with Gasteiger partial charge in [0.1, 0.15) is 0 Å². The van der Waals surface area contributed by atoms with E-state index in [2.05, 4.69) is 15.2 Å². The molecule has 3 heterocycles. The van der Waals surface area contributed by atoms with E-state index in [1.807, 2.05) is 0 Å². The van der Waals surface area contributed by atoms with Gasteiger partial charge in [-0.3, -0.25) is 14.4 Å². The van der Waals surface area contributed by atoms with Gasteiger partial charge in [0, 0.05) is 49.0 Å². The van der Waals surface area contributed by atoms with Crippen molar-refractivity contribution in [3.8, 4) is 11.5 Å². The number of anilines is 2. The summed E-state index contributed by atoms with van der Waals surface area (Å²) in [6.07, 6.45) is -2.38. The number of aromatic nitrogens is 1. The highest BCUT2D eigenvalue weighted by molar-refractivity contribution is 6.04. The number of nitrogens with one attached hydrogen (secondary N) is 1. The lowest BCUT2D eigenvalue weighted by Gasteiger charge is -2.37. The predicted octanol–water partition coefficient (Wildman–Crippen LogP) is 5.15. The third-order valence-electron chi connectivity index (χ3n) is 7.54. The summed E-state index contributed by atoms with van der Waals surface area (Å²) in [5, 5.41) is 11.8. The second-order valence-electron chi connectivity index (χ2n) is 10.3. The number of nitrogens with zero attached hydrogens (tertiary/aromatic N) is 3. The van der Waals surface area contributed by atoms with Crippen LogP contribution in [-0.2, 0) is 15.8 Å². The molecular formula is C29H29F3N4O5. The molecule has 5 rings (SSSR count). The lowest BCUT2D eigenvalue weighted by molar-refractivity contribution is -0.153. The first kappa shape index (κ1) is 28.2. The standard InChI is InChI=1S/C29H29F3N4O5/c30-29(31,32)24-23(34-26(41-24)18-5-2-1-3-6-18)25(37)33-21-8-10-22(11-9-21)35-15-12-19(13-16-35)27(38)36-14-4-7-20(17-36)28(39)40/h1-3,5-6,8-11,19-20H,4,7,12-17H2,(H,33,37)(H,39,40). The molecule has 0 radical (unpaired) electrons. The Kier molecular flexibility index (Phi) is 8.00. The molecule has 41 heavy (non-hydrogen) atoms. The van der Waals surface area contributed by atoms with Gasteiger partial charge in [0.2, 0.25) is 17.6 Å². The first-order valence-electron chi connectivity index (χ1n) is 13.4. The molecule has 12 heteroatoms. The Hall–Kier alpha value is -4.35. The van der Waals surface area contributed by atoms with Crippen LogP contribution in [0.4, 0.5) is 24.5 Å². The molecule has 0 aliphatic carbocycles. The van der Waals surface area contributed by atoms with Crippen molar-refractivity contribution in [3.63, 3.8) is 0 Å². The quantitative estimate of drug-likeness (QED) is 0.421. The van der Waals surface area contributed by atoms with Crippen molar-refractivity contribution in [2.75, 3.05) is 36.4 Å². The molecule has 1 aromatic heterocycles. The fourth-order valence-corrected chi connectivity index (χ4v) is 5.34. The summed E-state index contributed by atoms with van der Waals surface area (Å²) in [6, 6.07) is 14.7. The van der Waals surface area contributed by atoms with Crippen LogP contribution in [0.1, 0.15) is 41.9 Å². The molecule has 2 aromatic carbocycles. The van der Waals surface area contributed by atoms with Gasteiger partial charge < -0.3 is 24.6 Å². The van der Waals surface area contributed by atoms with Crippen LogP contribution in [0.2, 0.25) is 0 Å². The number of carboxylic acids is 1. The van der Waals surface area contributed by atoms with Crippen LogP contribution in [-0.4, -0.2) is 59.0 Å². The van der Waals surface area contributed by atoms with Crippen molar-refractivity contribution in [1.29, 1.82) is 0 Å². The van der Waals surface area contributed by atoms with Crippen molar-refractivity contribution < 1.29 is 37.1 Å². The van der Waals surface area contributed by atoms with Gasteiger partial charge in [-0.25, -0.2) is 4.98 Å². The number of alkyl halides is 3. The van der Waals surface area contributed by atoms with E-state index in [1.165, 1.54) is 12.1 Å². The molecule has 2 aliphatic rings. The molecule has 2 N–H and O–H groups in total. The average Bonchev–Trinajstić information content (AvgIpc) is 3.45. The van der Waals surface area contributed by atoms with Gasteiger partial charge in [0.15, 0.2) is 5.69 Å². The fourth-order valence-electron chi connectivity index (χ4n) is 5.34. The van der Waals surface area contributed by atoms with Gasteiger partial charge in [-0.1, -0.05) is 18.2 Å². The number of likely N-dealkylation sites (tertiary alicyclic amines) is 1. The monoisotopic (exact) mass is 570 g/mol. The van der Waals surface area contributed by atoms with Gasteiger partial charge >= 0.3 is 12.1 Å². The number of aliphatic carboxylic acids is 1. The maximum atomic E-state index is 13.6. The van der Waals surface area contributed by atoms with Crippen LogP contribution in [0.25, 0.3) is 11.5 Å². The van der Waals surface area contributed by atoms with Crippen LogP contribution in [0.3, 0.4) is 0 Å². The predicted molar refractivity (Wildman–Crippen MR) is 143 cm³/mol. The van der Waals surface area contributed by atoms with E-state index in [-0.39, 0.29) is 24.3 Å². The number of amides is 2. The molecule has 0 spiro atoms. The second-order valence-corrected chi connectivity index (χ2v) is 10.3. The minimum atomic E-state index is -4.91. The molecule has 1 unspecified atom stereocenters. The smallest absolute Gasteiger partial charge is 0.452 e. The Morgan fingerprint density at radius 3 is 2.24 bits per heavy atom. The highest BCUT2D eigenvalue weighted by Gasteiger charge is 2.42. The summed E-state index contributed by atoms with van der Waals surface area (Å²) in [4.78, 5) is 44.7. The van der Waals surface area contributed by atoms with Crippen molar-refractivity contribution in [2.45, 2.75) is 31.9 Å². The topological polar surface area (TPSA) is 116 Å². The van der Waals surface area contributed by atoms with Gasteiger partial charge in [-0.2, -0.15) is 13.2 Å². The minimum absolute atomic E-state index is 0.00941. The molecule has 216 valence electrons. The molecule has 2 aliphatic heterocycles. The number of benzene rings is 2. The number of carbonyl (C=O) groups is 3. The molecule has 3 aromatic rings. The Labute approximate surface area is 234 Å². The third kappa shape index (κ3) is 6.36. The van der Waals surface area contributed by atoms with Crippen molar-refractivity contribution in [2.24, 2.45) is 11.8 Å². The number of hydrogen-bond donors (Lipinski definition) is 2. The number of hydrogen-bond acceptors (Lipinski definition) is 6. The van der Waals surface area contributed by atoms with Crippen molar-refractivity contribution in [1.82, 2.24) is 9.88 Å². The summed E-state index contributed by atoms with van der Waals surface area (Å²) in [6.45, 7) is 2.08. The van der Waals surface area contributed by atoms with E-state index in [9.17, 15) is 32.7 Å². The Morgan fingerprint density at radius 1 is 0.927 bits per heavy atom. The molecule has 2 amide bonds. The number of rotatable bonds is 6. The van der Waals surface area contributed by atoms with E-state index in [0.29, 0.717) is 56.6 Å². The molecule has 2 fully saturated rings. The van der Waals surface area contributed by atoms with E-state index in [1.54, 1.807) is 47.4 Å². The van der Waals surface area contributed by atoms with E-state index < -0.39 is 35.4 Å². The summed E-state index contributed by atoms with van der Waals surface area (Å²) in [5.74, 6) is -4.34. The Bertz CT molecular complexity index is 1400. The number of carboxylic acid groups (broad SMARTS) is 1. The van der Waals surface area contributed by atoms with Gasteiger partial charge in [-0.05, 0) is 62.1 Å².